The smallest absolute Gasteiger partial charge is 0.252 e. The van der Waals surface area contributed by atoms with Crippen LogP contribution < -0.4 is 16.8 Å². The molecule has 0 spiro atoms. The van der Waals surface area contributed by atoms with Crippen molar-refractivity contribution in [3.05, 3.63) is 17.8 Å². The summed E-state index contributed by atoms with van der Waals surface area (Å²) in [5.74, 6) is -0.0332. The number of rotatable bonds is 6. The topological polar surface area (TPSA) is 106 Å². The number of nitrogens with zero attached hydrogens (tertiary/aromatic N) is 2. The van der Waals surface area contributed by atoms with Gasteiger partial charge in [0.25, 0.3) is 5.91 Å². The number of pyridine rings is 1. The zero-order valence-electron chi connectivity index (χ0n) is 11.5. The Labute approximate surface area is 118 Å². The number of nitrogens with two attached hydrogens (primary N) is 2. The lowest BCUT2D eigenvalue weighted by Gasteiger charge is -2.26. The monoisotopic (exact) mass is 279 g/mol. The number of nitrogen functional groups attached to an aromatic ring is 1. The molecular weight excluding hydrogens is 258 g/mol. The van der Waals surface area contributed by atoms with Crippen molar-refractivity contribution < 1.29 is 9.53 Å². The van der Waals surface area contributed by atoms with Crippen LogP contribution in [0.15, 0.2) is 12.3 Å². The van der Waals surface area contributed by atoms with E-state index in [4.69, 9.17) is 16.2 Å². The van der Waals surface area contributed by atoms with Crippen LogP contribution in [0.3, 0.4) is 0 Å². The summed E-state index contributed by atoms with van der Waals surface area (Å²) in [6.45, 7) is 5.29. The van der Waals surface area contributed by atoms with Crippen molar-refractivity contribution in [3.8, 4) is 0 Å². The molecule has 7 heteroatoms. The highest BCUT2D eigenvalue weighted by molar-refractivity contribution is 5.98. The van der Waals surface area contributed by atoms with Crippen molar-refractivity contribution in [2.45, 2.75) is 6.42 Å². The summed E-state index contributed by atoms with van der Waals surface area (Å²) in [6.07, 6.45) is 2.47. The van der Waals surface area contributed by atoms with Gasteiger partial charge in [-0.2, -0.15) is 0 Å². The van der Waals surface area contributed by atoms with E-state index < -0.39 is 5.91 Å². The van der Waals surface area contributed by atoms with Gasteiger partial charge in [0.1, 0.15) is 5.82 Å². The van der Waals surface area contributed by atoms with Crippen LogP contribution in [-0.4, -0.2) is 55.2 Å². The second-order valence-electron chi connectivity index (χ2n) is 4.76. The van der Waals surface area contributed by atoms with Crippen LogP contribution in [0.25, 0.3) is 0 Å². The Morgan fingerprint density at radius 1 is 1.45 bits per heavy atom. The Kier molecular flexibility index (Phi) is 5.14. The second-order valence-corrected chi connectivity index (χ2v) is 4.76. The maximum Gasteiger partial charge on any atom is 0.252 e. The van der Waals surface area contributed by atoms with Crippen molar-refractivity contribution in [1.82, 2.24) is 9.88 Å². The maximum absolute atomic E-state index is 11.3. The number of amides is 1. The summed E-state index contributed by atoms with van der Waals surface area (Å²) in [6, 6.07) is 1.54. The zero-order valence-corrected chi connectivity index (χ0v) is 11.5. The normalized spacial score (nSPS) is 16.0. The van der Waals surface area contributed by atoms with Crippen molar-refractivity contribution in [2.75, 3.05) is 50.4 Å². The Morgan fingerprint density at radius 2 is 2.20 bits per heavy atom. The molecule has 20 heavy (non-hydrogen) atoms. The number of hydrogen-bond acceptors (Lipinski definition) is 6. The van der Waals surface area contributed by atoms with E-state index in [1.165, 1.54) is 6.20 Å². The van der Waals surface area contributed by atoms with Gasteiger partial charge in [0, 0.05) is 19.6 Å². The van der Waals surface area contributed by atoms with Gasteiger partial charge in [0.05, 0.1) is 30.7 Å². The molecule has 0 unspecified atom stereocenters. The number of ether oxygens (including phenoxy) is 1. The summed E-state index contributed by atoms with van der Waals surface area (Å²) in [5, 5.41) is 3.14. The zero-order chi connectivity index (χ0) is 14.4. The Balaban J connectivity index is 1.80. The van der Waals surface area contributed by atoms with Crippen LogP contribution >= 0.6 is 0 Å². The highest BCUT2D eigenvalue weighted by atomic mass is 16.5. The first kappa shape index (κ1) is 14.5. The molecule has 2 rings (SSSR count). The predicted molar refractivity (Wildman–Crippen MR) is 77.5 cm³/mol. The average molecular weight is 279 g/mol. The quantitative estimate of drug-likeness (QED) is 0.628. The van der Waals surface area contributed by atoms with Crippen LogP contribution in [0, 0.1) is 0 Å². The number of aromatic nitrogens is 1. The molecule has 7 nitrogen and oxygen atoms in total. The minimum atomic E-state index is -0.527. The number of primary amides is 1. The predicted octanol–water partition coefficient (Wildman–Crippen LogP) is -0.103. The first-order chi connectivity index (χ1) is 9.66. The van der Waals surface area contributed by atoms with Crippen molar-refractivity contribution in [1.29, 1.82) is 0 Å². The number of carbonyl (C=O) groups excluding carboxylic acids is 1. The second kappa shape index (κ2) is 7.06. The molecule has 0 saturated carbocycles. The minimum Gasteiger partial charge on any atom is -0.397 e. The summed E-state index contributed by atoms with van der Waals surface area (Å²) in [5.41, 5.74) is 11.7. The molecule has 1 fully saturated rings. The molecule has 1 aliphatic rings. The van der Waals surface area contributed by atoms with Gasteiger partial charge in [-0.05, 0) is 19.0 Å². The lowest BCUT2D eigenvalue weighted by molar-refractivity contribution is 0.0378. The van der Waals surface area contributed by atoms with Crippen LogP contribution in [0.2, 0.25) is 0 Å². The van der Waals surface area contributed by atoms with Crippen molar-refractivity contribution in [2.24, 2.45) is 5.73 Å². The molecule has 1 amide bonds. The van der Waals surface area contributed by atoms with Gasteiger partial charge in [-0.25, -0.2) is 4.98 Å². The molecule has 0 atom stereocenters. The molecular formula is C13H21N5O2. The Bertz CT molecular complexity index is 460. The van der Waals surface area contributed by atoms with Gasteiger partial charge in [0.2, 0.25) is 0 Å². The molecule has 5 N–H and O–H groups in total. The fourth-order valence-electron chi connectivity index (χ4n) is 2.14. The number of anilines is 2. The maximum atomic E-state index is 11.3. The van der Waals surface area contributed by atoms with Crippen molar-refractivity contribution >= 4 is 17.4 Å². The minimum absolute atomic E-state index is 0.330. The average Bonchev–Trinajstić information content (AvgIpc) is 2.45. The van der Waals surface area contributed by atoms with Gasteiger partial charge in [-0.1, -0.05) is 0 Å². The molecule has 0 aliphatic carbocycles. The number of carbonyl (C=O) groups is 1. The summed E-state index contributed by atoms with van der Waals surface area (Å²) in [4.78, 5) is 17.8. The Morgan fingerprint density at radius 3 is 2.90 bits per heavy atom. The molecule has 1 aromatic heterocycles. The van der Waals surface area contributed by atoms with Crippen molar-refractivity contribution in [3.63, 3.8) is 0 Å². The van der Waals surface area contributed by atoms with E-state index in [2.05, 4.69) is 15.2 Å². The van der Waals surface area contributed by atoms with Gasteiger partial charge < -0.3 is 21.5 Å². The molecule has 1 aromatic rings. The van der Waals surface area contributed by atoms with E-state index in [-0.39, 0.29) is 0 Å². The largest absolute Gasteiger partial charge is 0.397 e. The molecule has 110 valence electrons. The standard InChI is InChI=1S/C13H21N5O2/c14-10-8-11(12(15)19)13(17-9-10)16-2-1-3-18-4-6-20-7-5-18/h8-9H,1-7,14H2,(H2,15,19)(H,16,17). The molecule has 1 aliphatic heterocycles. The summed E-state index contributed by atoms with van der Waals surface area (Å²) >= 11 is 0. The van der Waals surface area contributed by atoms with E-state index in [1.807, 2.05) is 0 Å². The summed E-state index contributed by atoms with van der Waals surface area (Å²) < 4.78 is 5.30. The number of nitrogens with one attached hydrogen (secondary N) is 1. The van der Waals surface area contributed by atoms with Crippen LogP contribution in [0.1, 0.15) is 16.8 Å². The van der Waals surface area contributed by atoms with E-state index >= 15 is 0 Å². The molecule has 0 bridgehead atoms. The van der Waals surface area contributed by atoms with Crippen LogP contribution in [0.5, 0.6) is 0 Å². The highest BCUT2D eigenvalue weighted by Crippen LogP contribution is 2.14. The van der Waals surface area contributed by atoms with Gasteiger partial charge in [0.15, 0.2) is 0 Å². The lowest BCUT2D eigenvalue weighted by Crippen LogP contribution is -2.37. The number of hydrogen-bond donors (Lipinski definition) is 3. The van der Waals surface area contributed by atoms with Gasteiger partial charge in [-0.15, -0.1) is 0 Å². The molecule has 0 radical (unpaired) electrons. The van der Waals surface area contributed by atoms with E-state index in [0.717, 1.165) is 45.8 Å². The van der Waals surface area contributed by atoms with Crippen LogP contribution in [0.4, 0.5) is 11.5 Å². The summed E-state index contributed by atoms with van der Waals surface area (Å²) in [7, 11) is 0. The van der Waals surface area contributed by atoms with Crippen LogP contribution in [-0.2, 0) is 4.74 Å². The fourth-order valence-corrected chi connectivity index (χ4v) is 2.14. The third-order valence-electron chi connectivity index (χ3n) is 3.22. The third-order valence-corrected chi connectivity index (χ3v) is 3.22. The molecule has 2 heterocycles. The van der Waals surface area contributed by atoms with Gasteiger partial charge >= 0.3 is 0 Å². The first-order valence-electron chi connectivity index (χ1n) is 6.76. The van der Waals surface area contributed by atoms with E-state index in [0.29, 0.717) is 17.1 Å². The van der Waals surface area contributed by atoms with E-state index in [1.54, 1.807) is 6.07 Å². The number of morpholine rings is 1. The fraction of sp³-hybridized carbons (Fsp3) is 0.538. The van der Waals surface area contributed by atoms with Gasteiger partial charge in [-0.3, -0.25) is 9.69 Å². The lowest BCUT2D eigenvalue weighted by atomic mass is 10.2. The highest BCUT2D eigenvalue weighted by Gasteiger charge is 2.11. The van der Waals surface area contributed by atoms with E-state index in [9.17, 15) is 4.79 Å². The SMILES string of the molecule is NC(=O)c1cc(N)cnc1NCCCN1CCOCC1. The Hall–Kier alpha value is -1.86. The first-order valence-corrected chi connectivity index (χ1v) is 6.76. The molecule has 0 aromatic carbocycles. The third kappa shape index (κ3) is 4.07. The molecule has 1 saturated heterocycles.